The van der Waals surface area contributed by atoms with Crippen LogP contribution in [0.25, 0.3) is 0 Å². The molecule has 11 nitrogen and oxygen atoms in total. The Hall–Kier alpha value is -1.99. The van der Waals surface area contributed by atoms with Gasteiger partial charge < -0.3 is 32.5 Å². The minimum absolute atomic E-state index is 0.0632. The molecule has 166 valence electrons. The molecule has 4 atom stereocenters. The van der Waals surface area contributed by atoms with Crippen molar-refractivity contribution in [2.75, 3.05) is 11.5 Å². The standard InChI is InChI=1S/C16H29N5O6S2/c1-7(2)3-8(17)13(23)20-10(5-28)15(25)21-11(6-29)14(24)19-9(16(26)27)4-12(18)22/h7-11,28-29H,3-6,17H2,1-2H3,(H2,18,22)(H,19,24)(H,20,23)(H,21,25)(H,26,27)/t8-,9-,10-,11-/m0/s1. The summed E-state index contributed by atoms with van der Waals surface area (Å²) in [6.07, 6.45) is -0.192. The van der Waals surface area contributed by atoms with E-state index in [2.05, 4.69) is 41.2 Å². The van der Waals surface area contributed by atoms with Crippen LogP contribution in [0.2, 0.25) is 0 Å². The summed E-state index contributed by atoms with van der Waals surface area (Å²) in [6.45, 7) is 3.79. The molecule has 29 heavy (non-hydrogen) atoms. The van der Waals surface area contributed by atoms with E-state index in [1.54, 1.807) is 0 Å². The Labute approximate surface area is 179 Å². The smallest absolute Gasteiger partial charge is 0.326 e. The number of hydrogen-bond donors (Lipinski definition) is 8. The van der Waals surface area contributed by atoms with Crippen LogP contribution in [0.4, 0.5) is 0 Å². The molecule has 0 saturated carbocycles. The molecule has 8 N–H and O–H groups in total. The number of amides is 4. The van der Waals surface area contributed by atoms with Gasteiger partial charge in [0.2, 0.25) is 23.6 Å². The SMILES string of the molecule is CC(C)C[C@H](N)C(=O)N[C@@H](CS)C(=O)N[C@@H](CS)C(=O)N[C@@H](CC(N)=O)C(=O)O. The van der Waals surface area contributed by atoms with Crippen LogP contribution in [0.15, 0.2) is 0 Å². The van der Waals surface area contributed by atoms with Gasteiger partial charge in [0.15, 0.2) is 0 Å². The summed E-state index contributed by atoms with van der Waals surface area (Å²) >= 11 is 8.00. The summed E-state index contributed by atoms with van der Waals surface area (Å²) in [5.74, 6) is -4.55. The van der Waals surface area contributed by atoms with Gasteiger partial charge in [-0.05, 0) is 12.3 Å². The molecule has 0 aromatic rings. The Bertz CT molecular complexity index is 619. The van der Waals surface area contributed by atoms with Crippen molar-refractivity contribution < 1.29 is 29.1 Å². The van der Waals surface area contributed by atoms with Crippen molar-refractivity contribution in [2.24, 2.45) is 17.4 Å². The maximum absolute atomic E-state index is 12.4. The van der Waals surface area contributed by atoms with Gasteiger partial charge >= 0.3 is 5.97 Å². The van der Waals surface area contributed by atoms with Gasteiger partial charge in [0.1, 0.15) is 18.1 Å². The fourth-order valence-corrected chi connectivity index (χ4v) is 2.74. The van der Waals surface area contributed by atoms with Crippen LogP contribution >= 0.6 is 25.3 Å². The summed E-state index contributed by atoms with van der Waals surface area (Å²) in [4.78, 5) is 58.8. The van der Waals surface area contributed by atoms with Crippen LogP contribution in [-0.2, 0) is 24.0 Å². The predicted molar refractivity (Wildman–Crippen MR) is 112 cm³/mol. The van der Waals surface area contributed by atoms with E-state index in [0.29, 0.717) is 6.42 Å². The first kappa shape index (κ1) is 27.0. The highest BCUT2D eigenvalue weighted by Crippen LogP contribution is 2.04. The molecule has 0 unspecified atom stereocenters. The number of aliphatic carboxylic acids is 1. The minimum Gasteiger partial charge on any atom is -0.480 e. The molecule has 0 aliphatic carbocycles. The van der Waals surface area contributed by atoms with E-state index in [1.807, 2.05) is 13.8 Å². The fraction of sp³-hybridized carbons (Fsp3) is 0.688. The van der Waals surface area contributed by atoms with Crippen molar-refractivity contribution in [3.63, 3.8) is 0 Å². The third-order valence-corrected chi connectivity index (χ3v) is 4.44. The van der Waals surface area contributed by atoms with Gasteiger partial charge in [-0.3, -0.25) is 19.2 Å². The largest absolute Gasteiger partial charge is 0.480 e. The van der Waals surface area contributed by atoms with E-state index in [1.165, 1.54) is 0 Å². The molecule has 4 amide bonds. The highest BCUT2D eigenvalue weighted by Gasteiger charge is 2.29. The lowest BCUT2D eigenvalue weighted by molar-refractivity contribution is -0.143. The zero-order valence-electron chi connectivity index (χ0n) is 16.3. The predicted octanol–water partition coefficient (Wildman–Crippen LogP) is -2.37. The lowest BCUT2D eigenvalue weighted by Gasteiger charge is -2.23. The van der Waals surface area contributed by atoms with Crippen molar-refractivity contribution in [1.82, 2.24) is 16.0 Å². The number of hydrogen-bond acceptors (Lipinski definition) is 8. The molecule has 0 spiro atoms. The maximum atomic E-state index is 12.4. The van der Waals surface area contributed by atoms with Crippen molar-refractivity contribution >= 4 is 54.9 Å². The van der Waals surface area contributed by atoms with E-state index in [9.17, 15) is 24.0 Å². The van der Waals surface area contributed by atoms with Gasteiger partial charge in [0, 0.05) is 11.5 Å². The Morgan fingerprint density at radius 2 is 1.28 bits per heavy atom. The average Bonchev–Trinajstić information content (AvgIpc) is 2.61. The number of rotatable bonds is 13. The first-order valence-corrected chi connectivity index (χ1v) is 10.1. The normalized spacial score (nSPS) is 15.0. The molecule has 0 aliphatic rings. The molecule has 0 aromatic heterocycles. The second-order valence-corrected chi connectivity index (χ2v) is 7.52. The Balaban J connectivity index is 5.00. The molecule has 0 heterocycles. The summed E-state index contributed by atoms with van der Waals surface area (Å²) in [5.41, 5.74) is 10.7. The van der Waals surface area contributed by atoms with Crippen molar-refractivity contribution in [3.05, 3.63) is 0 Å². The Morgan fingerprint density at radius 3 is 1.62 bits per heavy atom. The quantitative estimate of drug-likeness (QED) is 0.143. The van der Waals surface area contributed by atoms with Gasteiger partial charge in [-0.2, -0.15) is 25.3 Å². The molecular formula is C16H29N5O6S2. The number of thiol groups is 2. The van der Waals surface area contributed by atoms with E-state index >= 15 is 0 Å². The number of carbonyl (C=O) groups excluding carboxylic acids is 4. The monoisotopic (exact) mass is 451 g/mol. The topological polar surface area (TPSA) is 194 Å². The van der Waals surface area contributed by atoms with Crippen molar-refractivity contribution in [1.29, 1.82) is 0 Å². The van der Waals surface area contributed by atoms with Crippen molar-refractivity contribution in [2.45, 2.75) is 50.9 Å². The average molecular weight is 452 g/mol. The molecular weight excluding hydrogens is 422 g/mol. The molecule has 0 saturated heterocycles. The number of nitrogens with one attached hydrogen (secondary N) is 3. The zero-order chi connectivity index (χ0) is 22.7. The molecule has 0 aromatic carbocycles. The Morgan fingerprint density at radius 1 is 0.862 bits per heavy atom. The third kappa shape index (κ3) is 10.4. The Kier molecular flexibility index (Phi) is 12.4. The number of carboxylic acids is 1. The third-order valence-electron chi connectivity index (χ3n) is 3.71. The van der Waals surface area contributed by atoms with Crippen molar-refractivity contribution in [3.8, 4) is 0 Å². The van der Waals surface area contributed by atoms with Crippen LogP contribution in [0, 0.1) is 5.92 Å². The van der Waals surface area contributed by atoms with E-state index in [0.717, 1.165) is 0 Å². The summed E-state index contributed by atoms with van der Waals surface area (Å²) in [7, 11) is 0. The van der Waals surface area contributed by atoms with E-state index < -0.39 is 60.2 Å². The number of primary amides is 1. The van der Waals surface area contributed by atoms with Crippen LogP contribution < -0.4 is 27.4 Å². The first-order valence-electron chi connectivity index (χ1n) is 8.82. The molecule has 0 rings (SSSR count). The lowest BCUT2D eigenvalue weighted by Crippen LogP contribution is -2.58. The van der Waals surface area contributed by atoms with E-state index in [-0.39, 0.29) is 17.4 Å². The summed E-state index contributed by atoms with van der Waals surface area (Å²) in [5, 5.41) is 16.0. The van der Waals surface area contributed by atoms with Gasteiger partial charge in [0.05, 0.1) is 12.5 Å². The summed E-state index contributed by atoms with van der Waals surface area (Å²) < 4.78 is 0. The first-order chi connectivity index (χ1) is 13.4. The highest BCUT2D eigenvalue weighted by atomic mass is 32.1. The maximum Gasteiger partial charge on any atom is 0.326 e. The minimum atomic E-state index is -1.55. The summed E-state index contributed by atoms with van der Waals surface area (Å²) in [6, 6.07) is -4.64. The lowest BCUT2D eigenvalue weighted by atomic mass is 10.0. The molecule has 0 aliphatic heterocycles. The van der Waals surface area contributed by atoms with Gasteiger partial charge in [0.25, 0.3) is 0 Å². The van der Waals surface area contributed by atoms with Gasteiger partial charge in [-0.1, -0.05) is 13.8 Å². The van der Waals surface area contributed by atoms with Crippen LogP contribution in [0.3, 0.4) is 0 Å². The zero-order valence-corrected chi connectivity index (χ0v) is 18.0. The number of carboxylic acid groups (broad SMARTS) is 1. The second-order valence-electron chi connectivity index (χ2n) is 6.79. The van der Waals surface area contributed by atoms with Crippen LogP contribution in [0.5, 0.6) is 0 Å². The molecule has 13 heteroatoms. The molecule has 0 bridgehead atoms. The van der Waals surface area contributed by atoms with Gasteiger partial charge in [-0.25, -0.2) is 4.79 Å². The van der Waals surface area contributed by atoms with Gasteiger partial charge in [-0.15, -0.1) is 0 Å². The highest BCUT2D eigenvalue weighted by molar-refractivity contribution is 7.80. The van der Waals surface area contributed by atoms with Crippen LogP contribution in [-0.4, -0.2) is 70.4 Å². The van der Waals surface area contributed by atoms with Crippen LogP contribution in [0.1, 0.15) is 26.7 Å². The molecule has 0 radical (unpaired) electrons. The number of nitrogens with two attached hydrogens (primary N) is 2. The molecule has 0 fully saturated rings. The number of carbonyl (C=O) groups is 5. The van der Waals surface area contributed by atoms with E-state index in [4.69, 9.17) is 16.6 Å². The fourth-order valence-electron chi connectivity index (χ4n) is 2.23. The second kappa shape index (κ2) is 13.3.